The van der Waals surface area contributed by atoms with Crippen LogP contribution in [0.5, 0.6) is 0 Å². The molecule has 1 aliphatic rings. The van der Waals surface area contributed by atoms with Crippen LogP contribution in [0.25, 0.3) is 64.4 Å². The lowest BCUT2D eigenvalue weighted by Crippen LogP contribution is -2.03. The Bertz CT molecular complexity index is 2040. The molecule has 0 radical (unpaired) electrons. The summed E-state index contributed by atoms with van der Waals surface area (Å²) in [7, 11) is 0. The van der Waals surface area contributed by atoms with E-state index in [1.165, 1.54) is 58.9 Å². The number of hydrogen-bond donors (Lipinski definition) is 2. The second-order valence-electron chi connectivity index (χ2n) is 10.6. The summed E-state index contributed by atoms with van der Waals surface area (Å²) in [6.07, 6.45) is 2.08. The Morgan fingerprint density at radius 3 is 2.57 bits per heavy atom. The third kappa shape index (κ3) is 3.01. The second-order valence-corrected chi connectivity index (χ2v) is 11.6. The van der Waals surface area contributed by atoms with Crippen molar-refractivity contribution in [2.45, 2.75) is 39.5 Å². The molecule has 0 saturated heterocycles. The van der Waals surface area contributed by atoms with Crippen LogP contribution in [0.3, 0.4) is 0 Å². The number of nitrogens with zero attached hydrogens (tertiary/aromatic N) is 2. The minimum atomic E-state index is 0.405. The first-order chi connectivity index (χ1) is 18.0. The second kappa shape index (κ2) is 7.53. The highest BCUT2D eigenvalue weighted by molar-refractivity contribution is 7.22. The maximum Gasteiger partial charge on any atom is 0.109 e. The summed E-state index contributed by atoms with van der Waals surface area (Å²) in [5.41, 5.74) is 8.63. The average molecular weight is 499 g/mol. The van der Waals surface area contributed by atoms with Crippen molar-refractivity contribution in [3.05, 3.63) is 83.6 Å². The van der Waals surface area contributed by atoms with Gasteiger partial charge in [-0.3, -0.25) is 0 Å². The molecule has 3 aromatic heterocycles. The summed E-state index contributed by atoms with van der Waals surface area (Å²) in [6.45, 7) is 6.43. The number of aryl methyl sites for hydroxylation is 3. The van der Waals surface area contributed by atoms with Gasteiger partial charge in [0.2, 0.25) is 0 Å². The fraction of sp³-hybridized carbons (Fsp3) is 0.188. The van der Waals surface area contributed by atoms with Crippen molar-refractivity contribution in [3.8, 4) is 21.7 Å². The lowest BCUT2D eigenvalue weighted by molar-refractivity contribution is 0.787. The summed E-state index contributed by atoms with van der Waals surface area (Å²) >= 11 is 1.92. The van der Waals surface area contributed by atoms with Gasteiger partial charge in [-0.1, -0.05) is 62.4 Å². The molecule has 0 spiro atoms. The van der Waals surface area contributed by atoms with Gasteiger partial charge in [-0.05, 0) is 59.2 Å². The summed E-state index contributed by atoms with van der Waals surface area (Å²) in [5.74, 6) is 2.45. The van der Waals surface area contributed by atoms with Crippen molar-refractivity contribution in [2.75, 3.05) is 0 Å². The van der Waals surface area contributed by atoms with Gasteiger partial charge in [0.25, 0.3) is 0 Å². The molecule has 0 unspecified atom stereocenters. The first-order valence-electron chi connectivity index (χ1n) is 13.0. The molecule has 0 bridgehead atoms. The van der Waals surface area contributed by atoms with Crippen LogP contribution >= 0.6 is 11.3 Å². The number of hydrogen-bond acceptors (Lipinski definition) is 3. The van der Waals surface area contributed by atoms with Crippen LogP contribution in [0.4, 0.5) is 0 Å². The van der Waals surface area contributed by atoms with E-state index < -0.39 is 0 Å². The summed E-state index contributed by atoms with van der Waals surface area (Å²) < 4.78 is 1.40. The molecule has 4 nitrogen and oxygen atoms in total. The monoisotopic (exact) mass is 498 g/mol. The van der Waals surface area contributed by atoms with E-state index in [-0.39, 0.29) is 0 Å². The van der Waals surface area contributed by atoms with Crippen LogP contribution in [-0.2, 0) is 12.8 Å². The van der Waals surface area contributed by atoms with Gasteiger partial charge in [0.15, 0.2) is 0 Å². The van der Waals surface area contributed by atoms with Gasteiger partial charge >= 0.3 is 0 Å². The van der Waals surface area contributed by atoms with Gasteiger partial charge in [0.05, 0.1) is 16.7 Å². The minimum Gasteiger partial charge on any atom is -0.345 e. The van der Waals surface area contributed by atoms with Crippen molar-refractivity contribution in [3.63, 3.8) is 0 Å². The van der Waals surface area contributed by atoms with Crippen LogP contribution in [0.2, 0.25) is 0 Å². The molecule has 0 aliphatic heterocycles. The maximum absolute atomic E-state index is 4.99. The van der Waals surface area contributed by atoms with Gasteiger partial charge in [-0.25, -0.2) is 9.97 Å². The number of aromatic nitrogens is 4. The Labute approximate surface area is 218 Å². The predicted molar refractivity (Wildman–Crippen MR) is 156 cm³/mol. The molecule has 4 aromatic carbocycles. The number of nitrogens with one attached hydrogen (secondary N) is 2. The zero-order valence-electron chi connectivity index (χ0n) is 21.1. The van der Waals surface area contributed by atoms with Crippen molar-refractivity contribution in [1.82, 2.24) is 19.9 Å². The van der Waals surface area contributed by atoms with Crippen LogP contribution in [0, 0.1) is 6.92 Å². The highest BCUT2D eigenvalue weighted by Gasteiger charge is 2.24. The molecule has 7 aromatic rings. The molecule has 0 atom stereocenters. The SMILES string of the molecule is Cc1nc2c3ccccc3c3cc(-c4cc5ccc6c(c5s4)CCc4[nH]c(C(C)C)nc4-6)ccc3c2[nH]1. The Morgan fingerprint density at radius 2 is 1.70 bits per heavy atom. The van der Waals surface area contributed by atoms with Crippen LogP contribution < -0.4 is 0 Å². The van der Waals surface area contributed by atoms with E-state index in [1.807, 2.05) is 18.3 Å². The molecule has 0 fully saturated rings. The molecule has 5 heteroatoms. The van der Waals surface area contributed by atoms with E-state index in [2.05, 4.69) is 84.5 Å². The third-order valence-electron chi connectivity index (χ3n) is 7.88. The van der Waals surface area contributed by atoms with E-state index in [4.69, 9.17) is 9.97 Å². The van der Waals surface area contributed by atoms with Crippen LogP contribution in [0.15, 0.2) is 60.7 Å². The van der Waals surface area contributed by atoms with Crippen LogP contribution in [0.1, 0.15) is 42.7 Å². The molecule has 2 N–H and O–H groups in total. The molecule has 3 heterocycles. The Kier molecular flexibility index (Phi) is 4.30. The number of benzene rings is 4. The topological polar surface area (TPSA) is 57.4 Å². The molecule has 180 valence electrons. The van der Waals surface area contributed by atoms with E-state index in [0.29, 0.717) is 5.92 Å². The highest BCUT2D eigenvalue weighted by atomic mass is 32.1. The largest absolute Gasteiger partial charge is 0.345 e. The normalized spacial score (nSPS) is 13.3. The third-order valence-corrected chi connectivity index (χ3v) is 9.14. The number of thiophene rings is 1. The molecular formula is C32H26N4S. The van der Waals surface area contributed by atoms with Crippen molar-refractivity contribution >= 4 is 54.0 Å². The van der Waals surface area contributed by atoms with Gasteiger partial charge in [-0.2, -0.15) is 0 Å². The number of aromatic amines is 2. The van der Waals surface area contributed by atoms with Gasteiger partial charge in [0, 0.05) is 37.5 Å². The van der Waals surface area contributed by atoms with E-state index in [1.54, 1.807) is 0 Å². The maximum atomic E-state index is 4.99. The van der Waals surface area contributed by atoms with Crippen molar-refractivity contribution < 1.29 is 0 Å². The molecule has 8 rings (SSSR count). The smallest absolute Gasteiger partial charge is 0.109 e. The summed E-state index contributed by atoms with van der Waals surface area (Å²) in [4.78, 5) is 18.2. The van der Waals surface area contributed by atoms with Crippen molar-refractivity contribution in [2.24, 2.45) is 0 Å². The molecule has 37 heavy (non-hydrogen) atoms. The fourth-order valence-electron chi connectivity index (χ4n) is 6.07. The van der Waals surface area contributed by atoms with E-state index in [0.717, 1.165) is 41.2 Å². The first-order valence-corrected chi connectivity index (χ1v) is 13.8. The Balaban J connectivity index is 1.32. The Hall–Kier alpha value is -3.96. The lowest BCUT2D eigenvalue weighted by atomic mass is 9.91. The Morgan fingerprint density at radius 1 is 0.838 bits per heavy atom. The van der Waals surface area contributed by atoms with Crippen molar-refractivity contribution in [1.29, 1.82) is 0 Å². The summed E-state index contributed by atoms with van der Waals surface area (Å²) in [6, 6.07) is 22.5. The molecule has 0 amide bonds. The van der Waals surface area contributed by atoms with E-state index in [9.17, 15) is 0 Å². The zero-order chi connectivity index (χ0) is 24.8. The van der Waals surface area contributed by atoms with E-state index >= 15 is 0 Å². The lowest BCUT2D eigenvalue weighted by Gasteiger charge is -2.15. The van der Waals surface area contributed by atoms with Crippen LogP contribution in [-0.4, -0.2) is 19.9 Å². The number of fused-ring (bicyclic) bond motifs is 11. The molecule has 0 saturated carbocycles. The molecular weight excluding hydrogens is 472 g/mol. The van der Waals surface area contributed by atoms with Gasteiger partial charge in [-0.15, -0.1) is 11.3 Å². The fourth-order valence-corrected chi connectivity index (χ4v) is 7.30. The number of H-pyrrole nitrogens is 2. The van der Waals surface area contributed by atoms with Gasteiger partial charge < -0.3 is 9.97 Å². The number of imidazole rings is 2. The number of rotatable bonds is 2. The summed E-state index contributed by atoms with van der Waals surface area (Å²) in [5, 5.41) is 6.28. The quantitative estimate of drug-likeness (QED) is 0.234. The standard InChI is InChI=1S/C32H26N4S/c1-16(2)32-35-26-13-12-24-22(28(26)36-32)11-9-19-15-27(37-31(19)24)18-8-10-23-25(14-18)20-6-4-5-7-21(20)29-30(23)34-17(3)33-29/h4-11,14-16H,12-13H2,1-3H3,(H,33,34)(H,35,36). The minimum absolute atomic E-state index is 0.405. The molecule has 1 aliphatic carbocycles. The average Bonchev–Trinajstić information content (AvgIpc) is 3.64. The van der Waals surface area contributed by atoms with Gasteiger partial charge in [0.1, 0.15) is 11.6 Å². The predicted octanol–water partition coefficient (Wildman–Crippen LogP) is 8.67. The zero-order valence-corrected chi connectivity index (χ0v) is 21.9. The first kappa shape index (κ1) is 21.2. The highest BCUT2D eigenvalue weighted by Crippen LogP contribution is 2.44.